The molecule has 0 bridgehead atoms. The Kier molecular flexibility index (Phi) is 4.26. The van der Waals surface area contributed by atoms with E-state index in [0.717, 1.165) is 10.0 Å². The average molecular weight is 417 g/mol. The van der Waals surface area contributed by atoms with Gasteiger partial charge in [0.15, 0.2) is 12.6 Å². The van der Waals surface area contributed by atoms with E-state index in [-0.39, 0.29) is 18.3 Å². The Morgan fingerprint density at radius 2 is 2.12 bits per heavy atom. The van der Waals surface area contributed by atoms with Crippen LogP contribution in [-0.2, 0) is 16.1 Å². The lowest BCUT2D eigenvalue weighted by Gasteiger charge is -2.20. The second-order valence-corrected chi connectivity index (χ2v) is 6.70. The molecule has 0 saturated heterocycles. The number of esters is 1. The molecule has 0 unspecified atom stereocenters. The number of hydrogen-bond donors (Lipinski definition) is 0. The summed E-state index contributed by atoms with van der Waals surface area (Å²) in [4.78, 5) is 23.7. The van der Waals surface area contributed by atoms with Gasteiger partial charge in [-0.1, -0.05) is 15.9 Å². The summed E-state index contributed by atoms with van der Waals surface area (Å²) in [6, 6.07) is 8.43. The summed E-state index contributed by atoms with van der Waals surface area (Å²) in [7, 11) is 0. The van der Waals surface area contributed by atoms with Gasteiger partial charge in [0.1, 0.15) is 17.2 Å². The number of carbonyl (C=O) groups excluding carboxylic acids is 2. The Labute approximate surface area is 157 Å². The molecule has 0 atom stereocenters. The van der Waals surface area contributed by atoms with Gasteiger partial charge < -0.3 is 18.9 Å². The summed E-state index contributed by atoms with van der Waals surface area (Å²) in [6.45, 7) is 1.90. The van der Waals surface area contributed by atoms with E-state index in [1.807, 2.05) is 12.1 Å². The van der Waals surface area contributed by atoms with Crippen LogP contribution in [0.25, 0.3) is 6.08 Å². The Morgan fingerprint density at radius 1 is 1.27 bits per heavy atom. The van der Waals surface area contributed by atoms with Crippen LogP contribution in [0, 0.1) is 0 Å². The number of Topliss-reactive ketones (excluding diaryl/α,β-unsaturated/α-hetero) is 1. The van der Waals surface area contributed by atoms with Crippen molar-refractivity contribution in [1.29, 1.82) is 0 Å². The Bertz CT molecular complexity index is 963. The zero-order valence-corrected chi connectivity index (χ0v) is 15.3. The molecule has 2 aliphatic heterocycles. The lowest BCUT2D eigenvalue weighted by Crippen LogP contribution is -2.12. The monoisotopic (exact) mass is 416 g/mol. The highest BCUT2D eigenvalue weighted by atomic mass is 79.9. The zero-order valence-electron chi connectivity index (χ0n) is 13.7. The molecule has 4 rings (SSSR count). The van der Waals surface area contributed by atoms with Crippen molar-refractivity contribution in [2.75, 3.05) is 6.79 Å². The average Bonchev–Trinajstić information content (AvgIpc) is 2.89. The van der Waals surface area contributed by atoms with Crippen molar-refractivity contribution in [2.45, 2.75) is 13.5 Å². The second kappa shape index (κ2) is 6.59. The number of halogens is 1. The third kappa shape index (κ3) is 3.11. The highest BCUT2D eigenvalue weighted by Crippen LogP contribution is 2.38. The minimum atomic E-state index is -0.440. The van der Waals surface area contributed by atoms with Crippen LogP contribution in [0.15, 0.2) is 40.6 Å². The summed E-state index contributed by atoms with van der Waals surface area (Å²) in [5, 5.41) is 0. The highest BCUT2D eigenvalue weighted by molar-refractivity contribution is 9.10. The fourth-order valence-corrected chi connectivity index (χ4v) is 3.38. The highest BCUT2D eigenvalue weighted by Gasteiger charge is 2.29. The SMILES string of the molecule is CC(=O)Oc1ccc2c(c1)OC(=Cc1cc(Br)cc3c1OCOC3)C2=O. The van der Waals surface area contributed by atoms with Crippen LogP contribution in [0.3, 0.4) is 0 Å². The van der Waals surface area contributed by atoms with Gasteiger partial charge in [0.05, 0.1) is 12.2 Å². The molecule has 2 heterocycles. The van der Waals surface area contributed by atoms with Gasteiger partial charge >= 0.3 is 5.97 Å². The fraction of sp³-hybridized carbons (Fsp3) is 0.158. The molecule has 0 radical (unpaired) electrons. The topological polar surface area (TPSA) is 71.1 Å². The summed E-state index contributed by atoms with van der Waals surface area (Å²) in [5.74, 6) is 0.842. The van der Waals surface area contributed by atoms with Gasteiger partial charge in [0.25, 0.3) is 0 Å². The van der Waals surface area contributed by atoms with Crippen molar-refractivity contribution >= 4 is 33.8 Å². The first-order chi connectivity index (χ1) is 12.5. The number of hydrogen-bond acceptors (Lipinski definition) is 6. The van der Waals surface area contributed by atoms with Crippen LogP contribution >= 0.6 is 15.9 Å². The molecule has 132 valence electrons. The Balaban J connectivity index is 1.70. The predicted molar refractivity (Wildman–Crippen MR) is 95.1 cm³/mol. The number of allylic oxidation sites excluding steroid dienone is 1. The third-order valence-corrected chi connectivity index (χ3v) is 4.35. The van der Waals surface area contributed by atoms with Crippen LogP contribution in [0.2, 0.25) is 0 Å². The predicted octanol–water partition coefficient (Wildman–Crippen LogP) is 3.86. The quantitative estimate of drug-likeness (QED) is 0.420. The summed E-state index contributed by atoms with van der Waals surface area (Å²) < 4.78 is 22.4. The molecule has 0 saturated carbocycles. The van der Waals surface area contributed by atoms with Crippen molar-refractivity contribution < 1.29 is 28.5 Å². The number of carbonyl (C=O) groups is 2. The lowest BCUT2D eigenvalue weighted by molar-refractivity contribution is -0.131. The minimum absolute atomic E-state index is 0.158. The molecule has 0 fully saturated rings. The van der Waals surface area contributed by atoms with Gasteiger partial charge in [0.2, 0.25) is 5.78 Å². The number of rotatable bonds is 2. The fourth-order valence-electron chi connectivity index (χ4n) is 2.85. The number of ether oxygens (including phenoxy) is 4. The minimum Gasteiger partial charge on any atom is -0.467 e. The largest absolute Gasteiger partial charge is 0.467 e. The van der Waals surface area contributed by atoms with Gasteiger partial charge in [-0.2, -0.15) is 0 Å². The van der Waals surface area contributed by atoms with Crippen LogP contribution < -0.4 is 14.2 Å². The van der Waals surface area contributed by atoms with Crippen LogP contribution in [-0.4, -0.2) is 18.5 Å². The normalized spacial score (nSPS) is 16.5. The molecule has 0 aromatic heterocycles. The molecule has 7 heteroatoms. The van der Waals surface area contributed by atoms with Gasteiger partial charge in [-0.25, -0.2) is 0 Å². The van der Waals surface area contributed by atoms with E-state index in [1.54, 1.807) is 18.2 Å². The molecule has 2 aromatic rings. The smallest absolute Gasteiger partial charge is 0.308 e. The van der Waals surface area contributed by atoms with E-state index in [9.17, 15) is 9.59 Å². The standard InChI is InChI=1S/C19H13BrO6/c1-10(21)25-14-2-3-15-16(7-14)26-17(18(15)22)6-11-4-13(20)5-12-8-23-9-24-19(11)12/h2-7H,8-9H2,1H3. The van der Waals surface area contributed by atoms with Crippen LogP contribution in [0.1, 0.15) is 28.4 Å². The van der Waals surface area contributed by atoms with E-state index in [2.05, 4.69) is 15.9 Å². The van der Waals surface area contributed by atoms with E-state index in [0.29, 0.717) is 35.0 Å². The molecule has 2 aromatic carbocycles. The molecular weight excluding hydrogens is 404 g/mol. The summed E-state index contributed by atoms with van der Waals surface area (Å²) in [6.07, 6.45) is 1.64. The second-order valence-electron chi connectivity index (χ2n) is 5.79. The van der Waals surface area contributed by atoms with Gasteiger partial charge in [-0.05, 0) is 30.3 Å². The van der Waals surface area contributed by atoms with E-state index in [1.165, 1.54) is 13.0 Å². The van der Waals surface area contributed by atoms with Gasteiger partial charge in [-0.3, -0.25) is 9.59 Å². The maximum Gasteiger partial charge on any atom is 0.308 e. The first-order valence-corrected chi connectivity index (χ1v) is 8.60. The lowest BCUT2D eigenvalue weighted by atomic mass is 10.1. The maximum absolute atomic E-state index is 12.6. The van der Waals surface area contributed by atoms with Gasteiger partial charge in [-0.15, -0.1) is 0 Å². The molecule has 6 nitrogen and oxygen atoms in total. The van der Waals surface area contributed by atoms with Gasteiger partial charge in [0, 0.05) is 28.6 Å². The van der Waals surface area contributed by atoms with Crippen molar-refractivity contribution in [2.24, 2.45) is 0 Å². The third-order valence-electron chi connectivity index (χ3n) is 3.89. The Hall–Kier alpha value is -2.64. The molecule has 26 heavy (non-hydrogen) atoms. The maximum atomic E-state index is 12.6. The van der Waals surface area contributed by atoms with Crippen LogP contribution in [0.4, 0.5) is 0 Å². The van der Waals surface area contributed by atoms with E-state index in [4.69, 9.17) is 18.9 Å². The van der Waals surface area contributed by atoms with Crippen LogP contribution in [0.5, 0.6) is 17.2 Å². The van der Waals surface area contributed by atoms with E-state index < -0.39 is 5.97 Å². The van der Waals surface area contributed by atoms with Crippen molar-refractivity contribution in [3.8, 4) is 17.2 Å². The van der Waals surface area contributed by atoms with Crippen molar-refractivity contribution in [1.82, 2.24) is 0 Å². The summed E-state index contributed by atoms with van der Waals surface area (Å²) in [5.41, 5.74) is 2.02. The Morgan fingerprint density at radius 3 is 2.92 bits per heavy atom. The molecule has 0 spiro atoms. The van der Waals surface area contributed by atoms with Crippen molar-refractivity contribution in [3.63, 3.8) is 0 Å². The number of benzene rings is 2. The number of ketones is 1. The molecular formula is C19H13BrO6. The molecule has 2 aliphatic rings. The first-order valence-electron chi connectivity index (χ1n) is 7.81. The molecule has 0 N–H and O–H groups in total. The number of fused-ring (bicyclic) bond motifs is 2. The first kappa shape index (κ1) is 16.8. The van der Waals surface area contributed by atoms with E-state index >= 15 is 0 Å². The molecule has 0 amide bonds. The summed E-state index contributed by atoms with van der Waals surface area (Å²) >= 11 is 3.45. The molecule has 0 aliphatic carbocycles. The zero-order chi connectivity index (χ0) is 18.3. The van der Waals surface area contributed by atoms with Crippen molar-refractivity contribution in [3.05, 3.63) is 57.3 Å².